The lowest BCUT2D eigenvalue weighted by atomic mass is 10.1. The van der Waals surface area contributed by atoms with Crippen LogP contribution in [-0.2, 0) is 19.9 Å². The molecule has 1 aliphatic rings. The van der Waals surface area contributed by atoms with Gasteiger partial charge >= 0.3 is 0 Å². The first kappa shape index (κ1) is 19.3. The van der Waals surface area contributed by atoms with Crippen molar-refractivity contribution in [3.05, 3.63) is 53.8 Å². The summed E-state index contributed by atoms with van der Waals surface area (Å²) in [6.07, 6.45) is -0.0232. The number of sulfone groups is 1. The number of fused-ring (bicyclic) bond motifs is 1. The van der Waals surface area contributed by atoms with Gasteiger partial charge < -0.3 is 4.74 Å². The first-order valence-electron chi connectivity index (χ1n) is 8.07. The molecule has 7 nitrogen and oxygen atoms in total. The van der Waals surface area contributed by atoms with Crippen molar-refractivity contribution in [3.8, 4) is 5.75 Å². The molecule has 0 aliphatic carbocycles. The van der Waals surface area contributed by atoms with E-state index >= 15 is 0 Å². The molecule has 0 unspecified atom stereocenters. The number of nitrogens with zero attached hydrogens (tertiary/aromatic N) is 1. The van der Waals surface area contributed by atoms with Gasteiger partial charge in [-0.25, -0.2) is 12.8 Å². The summed E-state index contributed by atoms with van der Waals surface area (Å²) in [5.41, 5.74) is 0.226. The second kappa shape index (κ2) is 7.28. The lowest BCUT2D eigenvalue weighted by molar-refractivity contribution is 0.340. The van der Waals surface area contributed by atoms with Gasteiger partial charge in [-0.05, 0) is 49.4 Å². The number of ether oxygens (including phenoxy) is 1. The maximum absolute atomic E-state index is 13.6. The van der Waals surface area contributed by atoms with Crippen LogP contribution in [0.2, 0.25) is 0 Å². The summed E-state index contributed by atoms with van der Waals surface area (Å²) in [4.78, 5) is 2.00. The standard InChI is InChI=1S/C17H17FN2O5S2/c1-2-25-13-4-6-14(7-5-13)27(23,24)20-19-16-9-10-26(21,22)17-8-3-12(18)11-15(16)17/h3-8,11,20H,2,9-10H2,1H3/b19-16+. The van der Waals surface area contributed by atoms with Gasteiger partial charge in [0.2, 0.25) is 0 Å². The van der Waals surface area contributed by atoms with E-state index in [1.54, 1.807) is 0 Å². The molecule has 2 aromatic carbocycles. The topological polar surface area (TPSA) is 102 Å². The molecule has 1 N–H and O–H groups in total. The first-order chi connectivity index (χ1) is 12.7. The summed E-state index contributed by atoms with van der Waals surface area (Å²) < 4.78 is 67.8. The van der Waals surface area contributed by atoms with E-state index in [-0.39, 0.29) is 33.2 Å². The highest BCUT2D eigenvalue weighted by molar-refractivity contribution is 7.91. The predicted molar refractivity (Wildman–Crippen MR) is 97.5 cm³/mol. The van der Waals surface area contributed by atoms with Gasteiger partial charge in [-0.2, -0.15) is 18.4 Å². The highest BCUT2D eigenvalue weighted by atomic mass is 32.2. The molecule has 0 amide bonds. The van der Waals surface area contributed by atoms with Crippen LogP contribution in [0.5, 0.6) is 5.75 Å². The van der Waals surface area contributed by atoms with E-state index in [0.29, 0.717) is 12.4 Å². The Hall–Kier alpha value is -2.46. The SMILES string of the molecule is CCOc1ccc(S(=O)(=O)N/N=C2\CCS(=O)(=O)c3ccc(F)cc32)cc1. The van der Waals surface area contributed by atoms with Gasteiger partial charge in [0.05, 0.1) is 27.9 Å². The molecule has 0 atom stereocenters. The van der Waals surface area contributed by atoms with Crippen molar-refractivity contribution >= 4 is 25.6 Å². The third kappa shape index (κ3) is 4.11. The molecule has 27 heavy (non-hydrogen) atoms. The average Bonchev–Trinajstić information content (AvgIpc) is 2.61. The van der Waals surface area contributed by atoms with Crippen molar-refractivity contribution in [1.82, 2.24) is 4.83 Å². The molecule has 1 heterocycles. The fourth-order valence-electron chi connectivity index (χ4n) is 2.64. The summed E-state index contributed by atoms with van der Waals surface area (Å²) >= 11 is 0. The van der Waals surface area contributed by atoms with Crippen LogP contribution in [0.1, 0.15) is 18.9 Å². The van der Waals surface area contributed by atoms with Gasteiger partial charge in [0.15, 0.2) is 9.84 Å². The van der Waals surface area contributed by atoms with Crippen LogP contribution in [0, 0.1) is 5.82 Å². The largest absolute Gasteiger partial charge is 0.494 e. The quantitative estimate of drug-likeness (QED) is 0.598. The van der Waals surface area contributed by atoms with E-state index in [1.807, 2.05) is 6.92 Å². The van der Waals surface area contributed by atoms with E-state index in [9.17, 15) is 21.2 Å². The zero-order valence-corrected chi connectivity index (χ0v) is 16.0. The second-order valence-electron chi connectivity index (χ2n) is 5.77. The third-order valence-corrected chi connectivity index (χ3v) is 6.93. The van der Waals surface area contributed by atoms with Crippen LogP contribution in [0.3, 0.4) is 0 Å². The summed E-state index contributed by atoms with van der Waals surface area (Å²) in [6.45, 7) is 2.27. The number of hydrazone groups is 1. The molecular weight excluding hydrogens is 395 g/mol. The molecule has 10 heteroatoms. The Kier molecular flexibility index (Phi) is 5.20. The molecule has 144 valence electrons. The van der Waals surface area contributed by atoms with E-state index < -0.39 is 25.7 Å². The molecule has 3 rings (SSSR count). The van der Waals surface area contributed by atoms with Crippen LogP contribution in [0.15, 0.2) is 57.4 Å². The lowest BCUT2D eigenvalue weighted by Gasteiger charge is -2.18. The van der Waals surface area contributed by atoms with Gasteiger partial charge in [0, 0.05) is 12.0 Å². The molecule has 0 fully saturated rings. The zero-order chi connectivity index (χ0) is 19.7. The minimum Gasteiger partial charge on any atom is -0.494 e. The highest BCUT2D eigenvalue weighted by Crippen LogP contribution is 2.26. The number of hydrogen-bond donors (Lipinski definition) is 1. The van der Waals surface area contributed by atoms with E-state index in [2.05, 4.69) is 9.93 Å². The Balaban J connectivity index is 1.90. The van der Waals surface area contributed by atoms with Crippen molar-refractivity contribution in [2.24, 2.45) is 5.10 Å². The number of hydrogen-bond acceptors (Lipinski definition) is 6. The van der Waals surface area contributed by atoms with Gasteiger partial charge in [0.25, 0.3) is 10.0 Å². The number of sulfonamides is 1. The average molecular weight is 412 g/mol. The molecule has 1 aliphatic heterocycles. The third-order valence-electron chi connectivity index (χ3n) is 3.94. The van der Waals surface area contributed by atoms with Gasteiger partial charge in [0.1, 0.15) is 11.6 Å². The maximum atomic E-state index is 13.6. The van der Waals surface area contributed by atoms with Crippen molar-refractivity contribution in [2.45, 2.75) is 23.1 Å². The molecule has 0 saturated heterocycles. The number of benzene rings is 2. The Labute approximate surface area is 156 Å². The van der Waals surface area contributed by atoms with Crippen molar-refractivity contribution in [2.75, 3.05) is 12.4 Å². The van der Waals surface area contributed by atoms with Crippen LogP contribution >= 0.6 is 0 Å². The minimum atomic E-state index is -3.97. The Morgan fingerprint density at radius 2 is 1.89 bits per heavy atom. The van der Waals surface area contributed by atoms with Crippen LogP contribution in [-0.4, -0.2) is 34.9 Å². The molecular formula is C17H17FN2O5S2. The summed E-state index contributed by atoms with van der Waals surface area (Å²) in [6, 6.07) is 9.01. The smallest absolute Gasteiger partial charge is 0.276 e. The van der Waals surface area contributed by atoms with Crippen molar-refractivity contribution < 1.29 is 26.0 Å². The van der Waals surface area contributed by atoms with Crippen LogP contribution in [0.4, 0.5) is 4.39 Å². The Bertz CT molecular complexity index is 1090. The molecule has 0 saturated carbocycles. The zero-order valence-electron chi connectivity index (χ0n) is 14.3. The predicted octanol–water partition coefficient (Wildman–Crippen LogP) is 2.08. The fourth-order valence-corrected chi connectivity index (χ4v) is 4.94. The lowest BCUT2D eigenvalue weighted by Crippen LogP contribution is -2.26. The monoisotopic (exact) mass is 412 g/mol. The Morgan fingerprint density at radius 1 is 1.19 bits per heavy atom. The van der Waals surface area contributed by atoms with Crippen LogP contribution < -0.4 is 9.57 Å². The van der Waals surface area contributed by atoms with Crippen LogP contribution in [0.25, 0.3) is 0 Å². The maximum Gasteiger partial charge on any atom is 0.276 e. The molecule has 2 aromatic rings. The number of halogens is 1. The van der Waals surface area contributed by atoms with Crippen molar-refractivity contribution in [3.63, 3.8) is 0 Å². The summed E-state index contributed by atoms with van der Waals surface area (Å²) in [7, 11) is -7.52. The second-order valence-corrected chi connectivity index (χ2v) is 9.51. The molecule has 0 aromatic heterocycles. The van der Waals surface area contributed by atoms with E-state index in [0.717, 1.165) is 18.2 Å². The molecule has 0 radical (unpaired) electrons. The first-order valence-corrected chi connectivity index (χ1v) is 11.2. The molecule has 0 spiro atoms. The van der Waals surface area contributed by atoms with Crippen molar-refractivity contribution in [1.29, 1.82) is 0 Å². The normalized spacial score (nSPS) is 17.3. The van der Waals surface area contributed by atoms with E-state index in [1.165, 1.54) is 24.3 Å². The fraction of sp³-hybridized carbons (Fsp3) is 0.235. The van der Waals surface area contributed by atoms with E-state index in [4.69, 9.17) is 4.74 Å². The summed E-state index contributed by atoms with van der Waals surface area (Å²) in [5.74, 6) is -0.326. The highest BCUT2D eigenvalue weighted by Gasteiger charge is 2.28. The Morgan fingerprint density at radius 3 is 2.56 bits per heavy atom. The molecule has 0 bridgehead atoms. The van der Waals surface area contributed by atoms with Gasteiger partial charge in [-0.15, -0.1) is 0 Å². The summed E-state index contributed by atoms with van der Waals surface area (Å²) in [5, 5.41) is 3.85. The van der Waals surface area contributed by atoms with Gasteiger partial charge in [-0.3, -0.25) is 0 Å². The number of nitrogens with one attached hydrogen (secondary N) is 1. The minimum absolute atomic E-state index is 0.0232. The van der Waals surface area contributed by atoms with Gasteiger partial charge in [-0.1, -0.05) is 0 Å². The number of rotatable bonds is 5.